The maximum atomic E-state index is 14.4. The zero-order chi connectivity index (χ0) is 50.1. The van der Waals surface area contributed by atoms with E-state index in [1.807, 2.05) is 62.4 Å². The number of benzene rings is 3. The van der Waals surface area contributed by atoms with E-state index < -0.39 is 75.5 Å². The molecule has 19 heteroatoms. The Hall–Kier alpha value is -6.21. The van der Waals surface area contributed by atoms with Crippen LogP contribution < -0.4 is 31.1 Å². The van der Waals surface area contributed by atoms with E-state index in [2.05, 4.69) is 25.7 Å². The first kappa shape index (κ1) is 52.8. The summed E-state index contributed by atoms with van der Waals surface area (Å²) >= 11 is 0. The lowest BCUT2D eigenvalue weighted by Gasteiger charge is -2.32. The number of carbonyl (C=O) groups excluding carboxylic acids is 4. The van der Waals surface area contributed by atoms with E-state index in [0.717, 1.165) is 22.3 Å². The molecule has 1 saturated heterocycles. The molecule has 4 amide bonds. The number of nitrogens with two attached hydrogens (primary N) is 1. The number of hydrogen-bond acceptors (Lipinski definition) is 11. The molecule has 370 valence electrons. The minimum absolute atomic E-state index is 0.0260. The van der Waals surface area contributed by atoms with Crippen molar-refractivity contribution in [2.75, 3.05) is 33.4 Å². The zero-order valence-corrected chi connectivity index (χ0v) is 41.3. The van der Waals surface area contributed by atoms with Gasteiger partial charge in [0.15, 0.2) is 0 Å². The largest absolute Gasteiger partial charge is 0.496 e. The second-order valence-corrected chi connectivity index (χ2v) is 20.3. The third kappa shape index (κ3) is 13.3. The monoisotopic (exact) mass is 961 g/mol. The average molecular weight is 962 g/mol. The first-order valence-corrected chi connectivity index (χ1v) is 24.4. The van der Waals surface area contributed by atoms with Gasteiger partial charge in [-0.2, -0.15) is 0 Å². The summed E-state index contributed by atoms with van der Waals surface area (Å²) < 4.78 is 46.5. The van der Waals surface area contributed by atoms with Crippen LogP contribution in [0.3, 0.4) is 0 Å². The number of fused-ring (bicyclic) bond motifs is 3. The summed E-state index contributed by atoms with van der Waals surface area (Å²) in [5, 5.41) is 17.8. The third-order valence-corrected chi connectivity index (χ3v) is 13.7. The van der Waals surface area contributed by atoms with Crippen LogP contribution in [0.15, 0.2) is 64.5 Å². The Balaban J connectivity index is 1.35. The minimum Gasteiger partial charge on any atom is -0.496 e. The molecule has 0 aromatic heterocycles. The molecule has 2 aliphatic rings. The van der Waals surface area contributed by atoms with Crippen LogP contribution in [0.5, 0.6) is 5.75 Å². The summed E-state index contributed by atoms with van der Waals surface area (Å²) in [6, 6.07) is 12.5. The lowest BCUT2D eigenvalue weighted by molar-refractivity contribution is -0.146. The Morgan fingerprint density at radius 2 is 1.54 bits per heavy atom. The average Bonchev–Trinajstić information content (AvgIpc) is 3.89. The van der Waals surface area contributed by atoms with Gasteiger partial charge in [0, 0.05) is 19.0 Å². The molecule has 3 aromatic carbocycles. The molecule has 1 fully saturated rings. The van der Waals surface area contributed by atoms with E-state index in [9.17, 15) is 37.5 Å². The highest BCUT2D eigenvalue weighted by molar-refractivity contribution is 7.90. The number of hydrogen-bond donors (Lipinski definition) is 6. The fourth-order valence-electron chi connectivity index (χ4n) is 8.66. The highest BCUT2D eigenvalue weighted by atomic mass is 32.2. The number of likely N-dealkylation sites (tertiary alicyclic amines) is 1. The van der Waals surface area contributed by atoms with Gasteiger partial charge in [0.05, 0.1) is 24.2 Å². The first-order valence-electron chi connectivity index (χ1n) is 22.9. The number of ether oxygens (including phenoxy) is 3. The van der Waals surface area contributed by atoms with E-state index in [1.54, 1.807) is 47.6 Å². The number of amides is 4. The molecule has 0 radical (unpaired) electrons. The van der Waals surface area contributed by atoms with Gasteiger partial charge in [0.2, 0.25) is 23.7 Å². The fraction of sp³-hybridized carbons (Fsp3) is 0.510. The molecule has 0 saturated carbocycles. The molecule has 1 heterocycles. The van der Waals surface area contributed by atoms with E-state index in [1.165, 1.54) is 12.0 Å². The number of aliphatic carboxylic acids is 1. The van der Waals surface area contributed by atoms with Crippen molar-refractivity contribution in [3.63, 3.8) is 0 Å². The molecule has 0 spiro atoms. The van der Waals surface area contributed by atoms with Crippen molar-refractivity contribution >= 4 is 45.8 Å². The number of sulfonamides is 1. The number of aliphatic imine (C=N–C) groups is 1. The van der Waals surface area contributed by atoms with Crippen LogP contribution in [0.4, 0.5) is 4.79 Å². The number of methoxy groups -OCH3 is 1. The van der Waals surface area contributed by atoms with Crippen molar-refractivity contribution in [2.45, 2.75) is 128 Å². The van der Waals surface area contributed by atoms with Crippen LogP contribution in [0.25, 0.3) is 11.1 Å². The SMILES string of the molecule is COc1cc(C)c(S(=O)(=O)NC(N)=NCCC[C@H](NC(=O)OCC2c3ccccc3-c3ccccc32)C(=O)N[C@H](COC(C)(C)C)C(=O)N2CCC[C@H]2C(=O)N[C@@H](CC(C)C)C(=O)O)c(C)c1C. The van der Waals surface area contributed by atoms with Gasteiger partial charge in [0.25, 0.3) is 10.0 Å². The number of carboxylic acids is 1. The minimum atomic E-state index is -4.17. The van der Waals surface area contributed by atoms with Gasteiger partial charge in [-0.15, -0.1) is 0 Å². The molecular formula is C49H67N7O11S. The van der Waals surface area contributed by atoms with Crippen molar-refractivity contribution in [2.24, 2.45) is 16.6 Å². The van der Waals surface area contributed by atoms with Gasteiger partial charge in [-0.05, 0) is 125 Å². The molecule has 4 atom stereocenters. The predicted molar refractivity (Wildman–Crippen MR) is 257 cm³/mol. The van der Waals surface area contributed by atoms with Crippen LogP contribution in [0.2, 0.25) is 0 Å². The van der Waals surface area contributed by atoms with Gasteiger partial charge >= 0.3 is 12.1 Å². The van der Waals surface area contributed by atoms with Crippen molar-refractivity contribution < 1.29 is 51.7 Å². The summed E-state index contributed by atoms with van der Waals surface area (Å²) in [7, 11) is -2.67. The third-order valence-electron chi connectivity index (χ3n) is 12.0. The summed E-state index contributed by atoms with van der Waals surface area (Å²) in [4.78, 5) is 73.5. The maximum absolute atomic E-state index is 14.4. The van der Waals surface area contributed by atoms with Crippen LogP contribution in [0, 0.1) is 26.7 Å². The van der Waals surface area contributed by atoms with Crippen LogP contribution >= 0.6 is 0 Å². The Kier molecular flexibility index (Phi) is 17.6. The Morgan fingerprint density at radius 1 is 0.912 bits per heavy atom. The number of carbonyl (C=O) groups is 5. The van der Waals surface area contributed by atoms with E-state index in [0.29, 0.717) is 28.9 Å². The number of carboxylic acid groups (broad SMARTS) is 1. The number of guanidine groups is 1. The smallest absolute Gasteiger partial charge is 0.407 e. The van der Waals surface area contributed by atoms with Crippen molar-refractivity contribution in [3.05, 3.63) is 82.4 Å². The van der Waals surface area contributed by atoms with Crippen molar-refractivity contribution in [1.29, 1.82) is 0 Å². The summed E-state index contributed by atoms with van der Waals surface area (Å²) in [5.41, 5.74) is 11.0. The number of aryl methyl sites for hydroxylation is 1. The zero-order valence-electron chi connectivity index (χ0n) is 40.4. The molecule has 7 N–H and O–H groups in total. The van der Waals surface area contributed by atoms with Gasteiger partial charge in [0.1, 0.15) is 36.5 Å². The van der Waals surface area contributed by atoms with Crippen LogP contribution in [-0.2, 0) is 38.7 Å². The second kappa shape index (κ2) is 22.7. The van der Waals surface area contributed by atoms with Crippen molar-refractivity contribution in [3.8, 4) is 16.9 Å². The maximum Gasteiger partial charge on any atom is 0.407 e. The number of nitrogens with one attached hydrogen (secondary N) is 4. The van der Waals surface area contributed by atoms with E-state index in [4.69, 9.17) is 19.9 Å². The topological polar surface area (TPSA) is 257 Å². The van der Waals surface area contributed by atoms with Crippen molar-refractivity contribution in [1.82, 2.24) is 25.6 Å². The molecule has 1 aliphatic heterocycles. The highest BCUT2D eigenvalue weighted by Gasteiger charge is 2.40. The Bertz CT molecular complexity index is 2440. The molecule has 68 heavy (non-hydrogen) atoms. The Labute approximate surface area is 399 Å². The van der Waals surface area contributed by atoms with Gasteiger partial charge < -0.3 is 45.9 Å². The standard InChI is InChI=1S/C49H67N7O11S/c1-28(2)24-38(46(60)61)52-44(58)40-21-15-23-56(40)45(59)39(27-67-49(6,7)8)53-43(57)37(54-48(62)66-26-36-34-18-12-10-16-32(34)33-17-11-13-19-35(33)36)20-14-22-51-47(50)55-68(63,64)42-29(3)25-41(65-9)30(4)31(42)5/h10-13,16-19,25,28,36-40H,14-15,20-24,26-27H2,1-9H3,(H,52,58)(H,53,57)(H,54,62)(H,60,61)(H3,50,51,55)/t37-,38-,39+,40-/m0/s1. The van der Waals surface area contributed by atoms with E-state index >= 15 is 0 Å². The Morgan fingerprint density at radius 3 is 2.13 bits per heavy atom. The normalized spacial score (nSPS) is 16.3. The summed E-state index contributed by atoms with van der Waals surface area (Å²) in [6.45, 7) is 13.8. The molecule has 1 aliphatic carbocycles. The number of alkyl carbamates (subject to hydrolysis) is 1. The first-order chi connectivity index (χ1) is 32.0. The second-order valence-electron chi connectivity index (χ2n) is 18.7. The van der Waals surface area contributed by atoms with Gasteiger partial charge in [-0.1, -0.05) is 62.4 Å². The van der Waals surface area contributed by atoms with E-state index in [-0.39, 0.29) is 68.7 Å². The lowest BCUT2D eigenvalue weighted by atomic mass is 9.98. The quantitative estimate of drug-likeness (QED) is 0.0507. The molecule has 18 nitrogen and oxygen atoms in total. The van der Waals surface area contributed by atoms with Crippen LogP contribution in [-0.4, -0.2) is 117 Å². The number of nitrogens with zero attached hydrogens (tertiary/aromatic N) is 2. The molecular weight excluding hydrogens is 895 g/mol. The predicted octanol–water partition coefficient (Wildman–Crippen LogP) is 4.81. The summed E-state index contributed by atoms with van der Waals surface area (Å²) in [5.74, 6) is -3.35. The summed E-state index contributed by atoms with van der Waals surface area (Å²) in [6.07, 6.45) is 0.0688. The molecule has 0 bridgehead atoms. The van der Waals surface area contributed by atoms with Gasteiger partial charge in [-0.25, -0.2) is 22.7 Å². The molecule has 3 aromatic rings. The molecule has 5 rings (SSSR count). The van der Waals surface area contributed by atoms with Gasteiger partial charge in [-0.3, -0.25) is 19.4 Å². The lowest BCUT2D eigenvalue weighted by Crippen LogP contribution is -2.59. The molecule has 0 unspecified atom stereocenters. The number of rotatable bonds is 20. The fourth-order valence-corrected chi connectivity index (χ4v) is 10.1. The highest BCUT2D eigenvalue weighted by Crippen LogP contribution is 2.44. The van der Waals surface area contributed by atoms with Crippen LogP contribution in [0.1, 0.15) is 100 Å².